The first-order valence-corrected chi connectivity index (χ1v) is 9.38. The summed E-state index contributed by atoms with van der Waals surface area (Å²) in [4.78, 5) is 30.4. The molecule has 2 heterocycles. The maximum Gasteiger partial charge on any atom is 0.332 e. The largest absolute Gasteiger partial charge is 0.384 e. The number of aromatic nitrogens is 3. The van der Waals surface area contributed by atoms with Gasteiger partial charge in [0.15, 0.2) is 5.65 Å². The molecule has 2 aromatic carbocycles. The van der Waals surface area contributed by atoms with E-state index in [2.05, 4.69) is 0 Å². The molecule has 0 fully saturated rings. The molecule has 6 nitrogen and oxygen atoms in total. The first-order chi connectivity index (χ1) is 13.9. The zero-order valence-electron chi connectivity index (χ0n) is 16.3. The van der Waals surface area contributed by atoms with Crippen LogP contribution in [-0.4, -0.2) is 19.2 Å². The Balaban J connectivity index is 2.07. The van der Waals surface area contributed by atoms with E-state index in [1.54, 1.807) is 7.05 Å². The molecule has 1 aliphatic carbocycles. The molecule has 0 saturated carbocycles. The molecule has 0 aliphatic heterocycles. The van der Waals surface area contributed by atoms with Crippen molar-refractivity contribution >= 4 is 11.0 Å². The molecule has 144 valence electrons. The van der Waals surface area contributed by atoms with Gasteiger partial charge in [-0.1, -0.05) is 54.1 Å². The zero-order valence-corrected chi connectivity index (χ0v) is 16.3. The van der Waals surface area contributed by atoms with E-state index in [0.29, 0.717) is 27.9 Å². The van der Waals surface area contributed by atoms with Gasteiger partial charge in [0, 0.05) is 30.8 Å². The summed E-state index contributed by atoms with van der Waals surface area (Å²) in [6, 6.07) is 15.3. The number of fused-ring (bicyclic) bond motifs is 4. The zero-order chi connectivity index (χ0) is 20.4. The Morgan fingerprint density at radius 3 is 2.52 bits per heavy atom. The number of rotatable bonds is 1. The molecule has 0 bridgehead atoms. The summed E-state index contributed by atoms with van der Waals surface area (Å²) < 4.78 is 2.48. The molecule has 2 aromatic heterocycles. The molecular formula is C23H19N3O3. The number of hydrogen-bond acceptors (Lipinski definition) is 4. The fourth-order valence-electron chi connectivity index (χ4n) is 4.28. The molecule has 29 heavy (non-hydrogen) atoms. The highest BCUT2D eigenvalue weighted by Crippen LogP contribution is 2.48. The van der Waals surface area contributed by atoms with Crippen molar-refractivity contribution in [3.63, 3.8) is 0 Å². The smallest absolute Gasteiger partial charge is 0.332 e. The number of aliphatic hydroxyl groups excluding tert-OH is 1. The first-order valence-electron chi connectivity index (χ1n) is 9.38. The van der Waals surface area contributed by atoms with Gasteiger partial charge in [0.05, 0.1) is 11.1 Å². The maximum absolute atomic E-state index is 13.2. The summed E-state index contributed by atoms with van der Waals surface area (Å²) >= 11 is 0. The molecule has 0 spiro atoms. The van der Waals surface area contributed by atoms with E-state index in [4.69, 9.17) is 4.98 Å². The summed E-state index contributed by atoms with van der Waals surface area (Å²) in [5.74, 6) is 0. The average Bonchev–Trinajstić information content (AvgIpc) is 3.01. The highest BCUT2D eigenvalue weighted by atomic mass is 16.3. The lowest BCUT2D eigenvalue weighted by Crippen LogP contribution is -2.37. The van der Waals surface area contributed by atoms with Gasteiger partial charge in [0.1, 0.15) is 6.10 Å². The summed E-state index contributed by atoms with van der Waals surface area (Å²) in [7, 11) is 3.07. The highest BCUT2D eigenvalue weighted by molar-refractivity contribution is 5.99. The van der Waals surface area contributed by atoms with Crippen molar-refractivity contribution in [3.05, 3.63) is 86.1 Å². The van der Waals surface area contributed by atoms with Gasteiger partial charge in [-0.2, -0.15) is 0 Å². The maximum atomic E-state index is 13.2. The van der Waals surface area contributed by atoms with Crippen molar-refractivity contribution in [2.45, 2.75) is 13.0 Å². The molecule has 5 rings (SSSR count). The van der Waals surface area contributed by atoms with Crippen molar-refractivity contribution < 1.29 is 5.11 Å². The third-order valence-corrected chi connectivity index (χ3v) is 5.72. The normalized spacial score (nSPS) is 14.8. The second kappa shape index (κ2) is 5.99. The molecular weight excluding hydrogens is 366 g/mol. The van der Waals surface area contributed by atoms with Crippen molar-refractivity contribution in [2.24, 2.45) is 14.1 Å². The average molecular weight is 385 g/mol. The van der Waals surface area contributed by atoms with Crippen molar-refractivity contribution in [2.75, 3.05) is 0 Å². The fourth-order valence-corrected chi connectivity index (χ4v) is 4.28. The van der Waals surface area contributed by atoms with Crippen LogP contribution in [0.2, 0.25) is 0 Å². The lowest BCUT2D eigenvalue weighted by Gasteiger charge is -2.17. The predicted octanol–water partition coefficient (Wildman–Crippen LogP) is 2.67. The monoisotopic (exact) mass is 385 g/mol. The Bertz CT molecular complexity index is 1450. The first kappa shape index (κ1) is 17.6. The molecule has 1 aliphatic rings. The van der Waals surface area contributed by atoms with Crippen LogP contribution in [0.5, 0.6) is 0 Å². The Morgan fingerprint density at radius 1 is 1.00 bits per heavy atom. The van der Waals surface area contributed by atoms with Crippen LogP contribution < -0.4 is 11.2 Å². The van der Waals surface area contributed by atoms with Crippen LogP contribution in [0.1, 0.15) is 22.8 Å². The van der Waals surface area contributed by atoms with E-state index >= 15 is 0 Å². The van der Waals surface area contributed by atoms with Gasteiger partial charge in [-0.15, -0.1) is 0 Å². The molecule has 4 aromatic rings. The number of aryl methyl sites for hydroxylation is 2. The molecule has 6 heteroatoms. The van der Waals surface area contributed by atoms with Crippen LogP contribution in [0.4, 0.5) is 0 Å². The number of nitrogens with zero attached hydrogens (tertiary/aromatic N) is 3. The Morgan fingerprint density at radius 2 is 1.76 bits per heavy atom. The Hall–Kier alpha value is -3.51. The molecule has 1 N–H and O–H groups in total. The van der Waals surface area contributed by atoms with Gasteiger partial charge in [0.25, 0.3) is 5.56 Å². The highest BCUT2D eigenvalue weighted by Gasteiger charge is 2.34. The standard InChI is InChI=1S/C23H19N3O3/c1-12-7-6-8-13(11-12)16-17-19(14-9-4-5-10-15(14)20(17)27)24-21-18(16)22(28)26(3)23(29)25(21)2/h4-11,20,27H,1-3H3/t20-/m0/s1. The second-order valence-electron chi connectivity index (χ2n) is 7.51. The van der Waals surface area contributed by atoms with Crippen LogP contribution in [0.15, 0.2) is 58.1 Å². The van der Waals surface area contributed by atoms with Crippen molar-refractivity contribution in [1.29, 1.82) is 0 Å². The van der Waals surface area contributed by atoms with Gasteiger partial charge in [-0.05, 0) is 18.1 Å². The van der Waals surface area contributed by atoms with Gasteiger partial charge in [-0.3, -0.25) is 13.9 Å². The minimum atomic E-state index is -0.893. The summed E-state index contributed by atoms with van der Waals surface area (Å²) in [6.07, 6.45) is -0.893. The second-order valence-corrected chi connectivity index (χ2v) is 7.51. The predicted molar refractivity (Wildman–Crippen MR) is 112 cm³/mol. The molecule has 0 unspecified atom stereocenters. The van der Waals surface area contributed by atoms with Crippen molar-refractivity contribution in [1.82, 2.24) is 14.1 Å². The summed E-state index contributed by atoms with van der Waals surface area (Å²) in [6.45, 7) is 1.98. The molecule has 0 saturated heterocycles. The van der Waals surface area contributed by atoms with E-state index in [1.807, 2.05) is 55.5 Å². The van der Waals surface area contributed by atoms with Crippen LogP contribution in [-0.2, 0) is 14.1 Å². The van der Waals surface area contributed by atoms with Crippen LogP contribution in [0, 0.1) is 6.92 Å². The molecule has 1 atom stereocenters. The number of pyridine rings is 1. The van der Waals surface area contributed by atoms with Gasteiger partial charge in [-0.25, -0.2) is 9.78 Å². The lowest BCUT2D eigenvalue weighted by atomic mass is 9.93. The molecule has 0 radical (unpaired) electrons. The van der Waals surface area contributed by atoms with E-state index < -0.39 is 17.4 Å². The fraction of sp³-hybridized carbons (Fsp3) is 0.174. The van der Waals surface area contributed by atoms with Crippen LogP contribution in [0.25, 0.3) is 33.4 Å². The topological polar surface area (TPSA) is 77.1 Å². The van der Waals surface area contributed by atoms with E-state index in [0.717, 1.165) is 26.8 Å². The van der Waals surface area contributed by atoms with Crippen LogP contribution >= 0.6 is 0 Å². The third kappa shape index (κ3) is 2.29. The summed E-state index contributed by atoms with van der Waals surface area (Å²) in [5.41, 5.74) is 4.74. The number of hydrogen-bond donors (Lipinski definition) is 1. The minimum absolute atomic E-state index is 0.317. The van der Waals surface area contributed by atoms with E-state index in [-0.39, 0.29) is 0 Å². The van der Waals surface area contributed by atoms with E-state index in [1.165, 1.54) is 11.6 Å². The summed E-state index contributed by atoms with van der Waals surface area (Å²) in [5, 5.41) is 11.5. The van der Waals surface area contributed by atoms with Gasteiger partial charge < -0.3 is 5.11 Å². The SMILES string of the molecule is Cc1cccc(-c2c3c(nc4c2c(=O)n(C)c(=O)n4C)-c2ccccc2[C@@H]3O)c1. The Kier molecular flexibility index (Phi) is 3.63. The minimum Gasteiger partial charge on any atom is -0.384 e. The third-order valence-electron chi connectivity index (χ3n) is 5.72. The van der Waals surface area contributed by atoms with Gasteiger partial charge >= 0.3 is 5.69 Å². The van der Waals surface area contributed by atoms with E-state index in [9.17, 15) is 14.7 Å². The molecule has 0 amide bonds. The number of benzene rings is 2. The lowest BCUT2D eigenvalue weighted by molar-refractivity contribution is 0.225. The Labute approximate surface area is 166 Å². The van der Waals surface area contributed by atoms with Gasteiger partial charge in [0.2, 0.25) is 0 Å². The quantitative estimate of drug-likeness (QED) is 0.547. The number of aliphatic hydroxyl groups is 1. The van der Waals surface area contributed by atoms with Crippen LogP contribution in [0.3, 0.4) is 0 Å². The van der Waals surface area contributed by atoms with Crippen molar-refractivity contribution in [3.8, 4) is 22.4 Å².